The van der Waals surface area contributed by atoms with Gasteiger partial charge in [0.25, 0.3) is 16.0 Å². The Morgan fingerprint density at radius 3 is 2.26 bits per heavy atom. The topological polar surface area (TPSA) is 226 Å². The second-order valence-corrected chi connectivity index (χ2v) is 12.2. The molecule has 2 atom stereocenters. The lowest BCUT2D eigenvalue weighted by molar-refractivity contribution is -0.142. The van der Waals surface area contributed by atoms with E-state index >= 15 is 0 Å². The summed E-state index contributed by atoms with van der Waals surface area (Å²) in [5.41, 5.74) is 6.71. The Morgan fingerprint density at radius 2 is 1.74 bits per heavy atom. The van der Waals surface area contributed by atoms with Crippen molar-refractivity contribution < 1.29 is 41.7 Å². The largest absolute Gasteiger partial charge is 0.461 e. The summed E-state index contributed by atoms with van der Waals surface area (Å²) >= 11 is 0. The summed E-state index contributed by atoms with van der Waals surface area (Å²) in [4.78, 5) is 64.1. The van der Waals surface area contributed by atoms with Gasteiger partial charge in [-0.15, -0.1) is 0 Å². The molecule has 15 nitrogen and oxygen atoms in total. The van der Waals surface area contributed by atoms with Crippen LogP contribution in [-0.4, -0.2) is 97.0 Å². The van der Waals surface area contributed by atoms with E-state index in [9.17, 15) is 36.9 Å². The fourth-order valence-electron chi connectivity index (χ4n) is 4.09. The van der Waals surface area contributed by atoms with Crippen LogP contribution < -0.4 is 27.0 Å². The van der Waals surface area contributed by atoms with Gasteiger partial charge in [-0.25, -0.2) is 0 Å². The van der Waals surface area contributed by atoms with Crippen LogP contribution in [0.5, 0.6) is 0 Å². The van der Waals surface area contributed by atoms with Gasteiger partial charge in [0, 0.05) is 48.9 Å². The van der Waals surface area contributed by atoms with Crippen molar-refractivity contribution in [2.24, 2.45) is 11.7 Å². The molecule has 0 aliphatic carbocycles. The SMILES string of the molecule is CC(=O)OCc1ccc(NC(=O)CNC(=O)C(NC(=O)C(CS(=O)(=O)O)NC(C)C)C(C)C)cc1C(=O)N1CC(N)C1. The number of nitrogens with one attached hydrogen (secondary N) is 4. The Balaban J connectivity index is 2.07. The predicted octanol–water partition coefficient (Wildman–Crippen LogP) is -1.02. The summed E-state index contributed by atoms with van der Waals surface area (Å²) in [6.45, 7) is 8.03. The quantitative estimate of drug-likeness (QED) is 0.110. The number of likely N-dealkylation sites (tertiary alicyclic amines) is 1. The van der Waals surface area contributed by atoms with E-state index in [1.54, 1.807) is 33.8 Å². The van der Waals surface area contributed by atoms with E-state index in [0.717, 1.165) is 0 Å². The number of amides is 4. The third kappa shape index (κ3) is 11.0. The Hall–Kier alpha value is -3.60. The molecule has 2 unspecified atom stereocenters. The molecule has 1 aliphatic heterocycles. The first-order chi connectivity index (χ1) is 19.5. The van der Waals surface area contributed by atoms with E-state index in [-0.39, 0.29) is 35.8 Å². The highest BCUT2D eigenvalue weighted by molar-refractivity contribution is 7.85. The molecule has 42 heavy (non-hydrogen) atoms. The van der Waals surface area contributed by atoms with Gasteiger partial charge < -0.3 is 36.6 Å². The Labute approximate surface area is 245 Å². The van der Waals surface area contributed by atoms with Gasteiger partial charge in [-0.1, -0.05) is 33.8 Å². The smallest absolute Gasteiger partial charge is 0.302 e. The van der Waals surface area contributed by atoms with Gasteiger partial charge in [-0.2, -0.15) is 8.42 Å². The predicted molar refractivity (Wildman–Crippen MR) is 153 cm³/mol. The molecule has 16 heteroatoms. The maximum absolute atomic E-state index is 13.0. The van der Waals surface area contributed by atoms with Gasteiger partial charge in [0.1, 0.15) is 18.7 Å². The van der Waals surface area contributed by atoms with Gasteiger partial charge in [-0.05, 0) is 18.1 Å². The van der Waals surface area contributed by atoms with Crippen LogP contribution in [0.1, 0.15) is 50.5 Å². The van der Waals surface area contributed by atoms with Crippen molar-refractivity contribution in [3.05, 3.63) is 29.3 Å². The van der Waals surface area contributed by atoms with Crippen molar-refractivity contribution >= 4 is 45.4 Å². The monoisotopic (exact) mass is 612 g/mol. The van der Waals surface area contributed by atoms with Gasteiger partial charge in [0.05, 0.1) is 12.3 Å². The minimum Gasteiger partial charge on any atom is -0.461 e. The molecule has 234 valence electrons. The molecule has 0 aromatic heterocycles. The number of carbonyl (C=O) groups is 5. The zero-order valence-electron chi connectivity index (χ0n) is 24.3. The molecule has 1 aromatic carbocycles. The molecule has 1 aromatic rings. The molecule has 1 saturated heterocycles. The van der Waals surface area contributed by atoms with Gasteiger partial charge in [0.15, 0.2) is 0 Å². The summed E-state index contributed by atoms with van der Waals surface area (Å²) in [5, 5.41) is 10.3. The van der Waals surface area contributed by atoms with Gasteiger partial charge in [-0.3, -0.25) is 28.5 Å². The lowest BCUT2D eigenvalue weighted by Crippen LogP contribution is -2.58. The highest BCUT2D eigenvalue weighted by atomic mass is 32.2. The lowest BCUT2D eigenvalue weighted by Gasteiger charge is -2.37. The van der Waals surface area contributed by atoms with E-state index < -0.39 is 64.1 Å². The second-order valence-electron chi connectivity index (χ2n) is 10.7. The van der Waals surface area contributed by atoms with Crippen LogP contribution in [0.2, 0.25) is 0 Å². The molecule has 1 fully saturated rings. The zero-order chi connectivity index (χ0) is 31.8. The fourth-order valence-corrected chi connectivity index (χ4v) is 4.76. The maximum Gasteiger partial charge on any atom is 0.302 e. The second kappa shape index (κ2) is 15.0. The van der Waals surface area contributed by atoms with Crippen molar-refractivity contribution in [3.8, 4) is 0 Å². The first kappa shape index (κ1) is 34.6. The van der Waals surface area contributed by atoms with Crippen molar-refractivity contribution in [3.63, 3.8) is 0 Å². The minimum atomic E-state index is -4.49. The molecular formula is C26H40N6O9S. The van der Waals surface area contributed by atoms with Crippen LogP contribution in [0, 0.1) is 5.92 Å². The molecule has 2 rings (SSSR count). The molecule has 1 heterocycles. The Kier molecular flexibility index (Phi) is 12.4. The summed E-state index contributed by atoms with van der Waals surface area (Å²) in [5.74, 6) is -4.30. The van der Waals surface area contributed by atoms with Crippen LogP contribution in [-0.2, 0) is 40.6 Å². The molecule has 7 N–H and O–H groups in total. The summed E-state index contributed by atoms with van der Waals surface area (Å²) in [6, 6.07) is 1.65. The average molecular weight is 613 g/mol. The fraction of sp³-hybridized carbons (Fsp3) is 0.577. The molecule has 0 bridgehead atoms. The molecule has 4 amide bonds. The third-order valence-corrected chi connectivity index (χ3v) is 6.90. The van der Waals surface area contributed by atoms with E-state index in [1.807, 2.05) is 0 Å². The van der Waals surface area contributed by atoms with E-state index in [0.29, 0.717) is 18.7 Å². The van der Waals surface area contributed by atoms with Gasteiger partial charge in [0.2, 0.25) is 17.7 Å². The number of rotatable bonds is 14. The first-order valence-corrected chi connectivity index (χ1v) is 15.0. The summed E-state index contributed by atoms with van der Waals surface area (Å²) < 4.78 is 37.0. The minimum absolute atomic E-state index is 0.128. The first-order valence-electron chi connectivity index (χ1n) is 13.4. The molecule has 0 radical (unpaired) electrons. The number of benzene rings is 1. The van der Waals surface area contributed by atoms with Crippen molar-refractivity contribution in [1.82, 2.24) is 20.9 Å². The number of carbonyl (C=O) groups excluding carboxylic acids is 5. The van der Waals surface area contributed by atoms with E-state index in [1.165, 1.54) is 24.0 Å². The number of nitrogens with two attached hydrogens (primary N) is 1. The molecule has 0 saturated carbocycles. The van der Waals surface area contributed by atoms with Crippen LogP contribution in [0.3, 0.4) is 0 Å². The van der Waals surface area contributed by atoms with Gasteiger partial charge >= 0.3 is 5.97 Å². The summed E-state index contributed by atoms with van der Waals surface area (Å²) in [7, 11) is -4.49. The number of esters is 1. The molecular weight excluding hydrogens is 572 g/mol. The average Bonchev–Trinajstić information content (AvgIpc) is 2.85. The van der Waals surface area contributed by atoms with Crippen molar-refractivity contribution in [1.29, 1.82) is 0 Å². The number of nitrogens with zero attached hydrogens (tertiary/aromatic N) is 1. The number of anilines is 1. The van der Waals surface area contributed by atoms with E-state index in [2.05, 4.69) is 21.3 Å². The standard InChI is InChI=1S/C26H40N6O9S/c1-14(2)23(31-24(35)21(29-15(3)4)13-42(38,39)40)25(36)28-9-22(34)30-19-7-6-17(12-41-16(5)33)20(8-19)26(37)32-10-18(27)11-32/h6-8,14-15,18,21,23,29H,9-13,27H2,1-5H3,(H,28,36)(H,30,34)(H,31,35)(H,38,39,40). The van der Waals surface area contributed by atoms with Crippen molar-refractivity contribution in [2.75, 3.05) is 30.7 Å². The summed E-state index contributed by atoms with van der Waals surface area (Å²) in [6.07, 6.45) is 0. The van der Waals surface area contributed by atoms with E-state index in [4.69, 9.17) is 10.5 Å². The Bertz CT molecular complexity index is 1280. The highest BCUT2D eigenvalue weighted by Gasteiger charge is 2.32. The lowest BCUT2D eigenvalue weighted by atomic mass is 10.0. The molecule has 1 aliphatic rings. The van der Waals surface area contributed by atoms with Crippen molar-refractivity contribution in [2.45, 2.75) is 65.4 Å². The van der Waals surface area contributed by atoms with Crippen LogP contribution >= 0.6 is 0 Å². The maximum atomic E-state index is 13.0. The highest BCUT2D eigenvalue weighted by Crippen LogP contribution is 2.21. The number of hydrogen-bond donors (Lipinski definition) is 6. The normalized spacial score (nSPS) is 15.0. The van der Waals surface area contributed by atoms with Crippen LogP contribution in [0.4, 0.5) is 5.69 Å². The Morgan fingerprint density at radius 1 is 1.10 bits per heavy atom. The van der Waals surface area contributed by atoms with Crippen LogP contribution in [0.25, 0.3) is 0 Å². The zero-order valence-corrected chi connectivity index (χ0v) is 25.1. The third-order valence-electron chi connectivity index (χ3n) is 6.15. The molecule has 0 spiro atoms. The number of ether oxygens (including phenoxy) is 1. The van der Waals surface area contributed by atoms with Crippen LogP contribution in [0.15, 0.2) is 18.2 Å². The number of hydrogen-bond acceptors (Lipinski definition) is 10.